The molecule has 13 heteroatoms. The highest BCUT2D eigenvalue weighted by Gasteiger charge is 2.59. The molecule has 2 aliphatic carbocycles. The average molecular weight is 616 g/mol. The zero-order valence-corrected chi connectivity index (χ0v) is 25.2. The number of thioether (sulfide) groups is 1. The number of hydrogen-bond acceptors (Lipinski definition) is 13. The van der Waals surface area contributed by atoms with E-state index in [1.807, 2.05) is 0 Å². The fraction of sp³-hybridized carbons (Fsp3) is 0.500. The third-order valence-electron chi connectivity index (χ3n) is 9.37. The number of benzene rings is 2. The number of fused-ring (bicyclic) bond motifs is 8. The van der Waals surface area contributed by atoms with E-state index in [9.17, 15) is 39.9 Å². The van der Waals surface area contributed by atoms with E-state index < -0.39 is 81.5 Å². The summed E-state index contributed by atoms with van der Waals surface area (Å²) in [5, 5.41) is 55.9. The third-order valence-corrected chi connectivity index (χ3v) is 10.3. The normalized spacial score (nSPS) is 34.1. The highest BCUT2D eigenvalue weighted by Crippen LogP contribution is 2.57. The van der Waals surface area contributed by atoms with Crippen LogP contribution in [-0.4, -0.2) is 106 Å². The Balaban J connectivity index is 1.61. The number of aliphatic hydroxyl groups excluding tert-OH is 2. The molecule has 8 atom stereocenters. The Morgan fingerprint density at radius 3 is 2.37 bits per heavy atom. The Labute approximate surface area is 251 Å². The molecule has 2 aliphatic heterocycles. The lowest BCUT2D eigenvalue weighted by molar-refractivity contribution is -0.311. The molecule has 2 aromatic rings. The minimum Gasteiger partial charge on any atom is -0.507 e. The van der Waals surface area contributed by atoms with Crippen molar-refractivity contribution in [1.29, 1.82) is 0 Å². The average Bonchev–Trinajstić information content (AvgIpc) is 2.93. The predicted octanol–water partition coefficient (Wildman–Crippen LogP) is 1.30. The smallest absolute Gasteiger partial charge is 0.316 e. The van der Waals surface area contributed by atoms with Gasteiger partial charge in [0.1, 0.15) is 41.0 Å². The van der Waals surface area contributed by atoms with E-state index in [4.69, 9.17) is 14.2 Å². The summed E-state index contributed by atoms with van der Waals surface area (Å²) in [5.74, 6) is -4.97. The number of ketones is 2. The molecule has 12 nitrogen and oxygen atoms in total. The summed E-state index contributed by atoms with van der Waals surface area (Å²) >= 11 is 1.30. The number of aliphatic hydroxyl groups is 3. The zero-order chi connectivity index (χ0) is 31.5. The topological polar surface area (TPSA) is 183 Å². The van der Waals surface area contributed by atoms with Crippen molar-refractivity contribution in [2.45, 2.75) is 67.2 Å². The summed E-state index contributed by atoms with van der Waals surface area (Å²) in [7, 11) is 4.50. The number of esters is 1. The number of likely N-dealkylation sites (N-methyl/N-ethyl adjacent to an activating group) is 1. The van der Waals surface area contributed by atoms with Crippen molar-refractivity contribution in [3.63, 3.8) is 0 Å². The Morgan fingerprint density at radius 1 is 1.09 bits per heavy atom. The van der Waals surface area contributed by atoms with Gasteiger partial charge in [0.15, 0.2) is 5.78 Å². The van der Waals surface area contributed by atoms with Crippen LogP contribution in [0.1, 0.15) is 80.0 Å². The van der Waals surface area contributed by atoms with Crippen molar-refractivity contribution in [2.75, 3.05) is 27.5 Å². The van der Waals surface area contributed by atoms with E-state index in [1.54, 1.807) is 25.3 Å². The van der Waals surface area contributed by atoms with E-state index in [0.717, 1.165) is 7.11 Å². The van der Waals surface area contributed by atoms with Crippen molar-refractivity contribution in [3.05, 3.63) is 51.1 Å². The molecule has 2 heterocycles. The van der Waals surface area contributed by atoms with Gasteiger partial charge in [-0.05, 0) is 58.3 Å². The molecule has 1 fully saturated rings. The van der Waals surface area contributed by atoms with Crippen LogP contribution in [0.2, 0.25) is 0 Å². The van der Waals surface area contributed by atoms with Gasteiger partial charge in [-0.25, -0.2) is 0 Å². The van der Waals surface area contributed by atoms with E-state index in [0.29, 0.717) is 0 Å². The van der Waals surface area contributed by atoms with Gasteiger partial charge in [-0.2, -0.15) is 11.8 Å². The molecule has 1 saturated heterocycles. The Morgan fingerprint density at radius 2 is 1.77 bits per heavy atom. The highest BCUT2D eigenvalue weighted by molar-refractivity contribution is 7.98. The quantitative estimate of drug-likeness (QED) is 0.266. The monoisotopic (exact) mass is 615 g/mol. The minimum atomic E-state index is -1.60. The van der Waals surface area contributed by atoms with Gasteiger partial charge in [0.25, 0.3) is 0 Å². The van der Waals surface area contributed by atoms with Gasteiger partial charge in [-0.1, -0.05) is 0 Å². The molecule has 0 amide bonds. The number of hydrogen-bond donors (Lipinski definition) is 5. The highest BCUT2D eigenvalue weighted by atomic mass is 32.2. The molecule has 0 saturated carbocycles. The molecular formula is C30H33NO11S. The first-order valence-corrected chi connectivity index (χ1v) is 15.0. The zero-order valence-electron chi connectivity index (χ0n) is 24.4. The second-order valence-electron chi connectivity index (χ2n) is 12.2. The predicted molar refractivity (Wildman–Crippen MR) is 152 cm³/mol. The fourth-order valence-electron chi connectivity index (χ4n) is 7.24. The molecular weight excluding hydrogens is 582 g/mol. The number of carbonyl (C=O) groups excluding carboxylic acids is 3. The van der Waals surface area contributed by atoms with Crippen molar-refractivity contribution in [1.82, 2.24) is 4.90 Å². The lowest BCUT2D eigenvalue weighted by atomic mass is 9.69. The summed E-state index contributed by atoms with van der Waals surface area (Å²) in [6.07, 6.45) is -2.21. The van der Waals surface area contributed by atoms with Crippen LogP contribution >= 0.6 is 11.8 Å². The molecule has 0 spiro atoms. The van der Waals surface area contributed by atoms with Gasteiger partial charge in [0, 0.05) is 21.9 Å². The molecule has 5 N–H and O–H groups in total. The fourth-order valence-corrected chi connectivity index (χ4v) is 8.23. The van der Waals surface area contributed by atoms with Crippen LogP contribution in [0.4, 0.5) is 0 Å². The number of phenols is 2. The maximum atomic E-state index is 14.3. The molecule has 2 bridgehead atoms. The Hall–Kier alpha value is -3.20. The molecule has 6 rings (SSSR count). The van der Waals surface area contributed by atoms with E-state index in [2.05, 4.69) is 0 Å². The van der Waals surface area contributed by atoms with Gasteiger partial charge < -0.3 is 44.6 Å². The first kappa shape index (κ1) is 29.9. The lowest BCUT2D eigenvalue weighted by Gasteiger charge is -2.53. The maximum absolute atomic E-state index is 14.3. The van der Waals surface area contributed by atoms with Gasteiger partial charge in [-0.3, -0.25) is 14.4 Å². The summed E-state index contributed by atoms with van der Waals surface area (Å²) < 4.78 is 16.9. The number of carbonyl (C=O) groups is 3. The van der Waals surface area contributed by atoms with Gasteiger partial charge >= 0.3 is 5.97 Å². The Bertz CT molecular complexity index is 1600. The SMILES string of the molecule is COC(=O)[C@@H]1c2cc3c(c(O)c2[C@@H](SC)C[C@]1(C)O)C(=O)c1c(O)cc2c(c1C3=O)O[C@@H]1O[C@@]2(C)[C@H](O)[C@@H](N(C)C)[C@@H]1O. The minimum absolute atomic E-state index is 0.0527. The number of aromatic hydroxyl groups is 2. The first-order chi connectivity index (χ1) is 20.1. The summed E-state index contributed by atoms with van der Waals surface area (Å²) in [6.45, 7) is 3.01. The van der Waals surface area contributed by atoms with E-state index in [1.165, 1.54) is 37.7 Å². The van der Waals surface area contributed by atoms with Crippen LogP contribution in [0.5, 0.6) is 17.2 Å². The van der Waals surface area contributed by atoms with Crippen molar-refractivity contribution >= 4 is 29.3 Å². The van der Waals surface area contributed by atoms with E-state index >= 15 is 0 Å². The maximum Gasteiger partial charge on any atom is 0.316 e. The van der Waals surface area contributed by atoms with Crippen LogP contribution in [0.25, 0.3) is 0 Å². The second-order valence-corrected chi connectivity index (χ2v) is 13.2. The van der Waals surface area contributed by atoms with Gasteiger partial charge in [0.2, 0.25) is 12.1 Å². The summed E-state index contributed by atoms with van der Waals surface area (Å²) in [6, 6.07) is 1.68. The summed E-state index contributed by atoms with van der Waals surface area (Å²) in [4.78, 5) is 42.9. The number of methoxy groups -OCH3 is 1. The molecule has 43 heavy (non-hydrogen) atoms. The molecule has 0 radical (unpaired) electrons. The summed E-state index contributed by atoms with van der Waals surface area (Å²) in [5.41, 5.74) is -4.03. The lowest BCUT2D eigenvalue weighted by Crippen LogP contribution is -2.68. The third kappa shape index (κ3) is 3.85. The first-order valence-electron chi connectivity index (χ1n) is 13.7. The number of phenolic OH excluding ortho intramolecular Hbond substituents is 2. The molecule has 2 aromatic carbocycles. The van der Waals surface area contributed by atoms with E-state index in [-0.39, 0.29) is 45.6 Å². The molecule has 0 aromatic heterocycles. The van der Waals surface area contributed by atoms with Crippen molar-refractivity contribution < 1.29 is 54.1 Å². The van der Waals surface area contributed by atoms with Crippen LogP contribution in [0.3, 0.4) is 0 Å². The second kappa shape index (κ2) is 9.65. The molecule has 230 valence electrons. The number of nitrogens with zero attached hydrogens (tertiary/aromatic N) is 1. The van der Waals surface area contributed by atoms with Crippen LogP contribution in [-0.2, 0) is 19.9 Å². The van der Waals surface area contributed by atoms with Crippen LogP contribution < -0.4 is 4.74 Å². The van der Waals surface area contributed by atoms with Gasteiger partial charge in [-0.15, -0.1) is 0 Å². The van der Waals surface area contributed by atoms with Crippen LogP contribution in [0, 0.1) is 0 Å². The van der Waals surface area contributed by atoms with Gasteiger partial charge in [0.05, 0.1) is 35.4 Å². The standard InChI is InChI=1S/C30H33NO11S/c1-29(39)9-14(43-6)15-10(19(29)27(38)40-5)7-11-16(22(15)34)23(35)17-13(32)8-12-25(18(17)21(11)33)41-28-24(36)20(31(3)4)26(37)30(12,2)42-28/h7-8,14,19-20,24,26,28,32,34,36-37,39H,9H2,1-6H3/t14-,19-,20-,24-,26+,28+,29-,30+/m0/s1. The number of ether oxygens (including phenoxy) is 3. The van der Waals surface area contributed by atoms with Crippen molar-refractivity contribution in [3.8, 4) is 17.2 Å². The van der Waals surface area contributed by atoms with Crippen LogP contribution in [0.15, 0.2) is 12.1 Å². The number of rotatable bonds is 3. The molecule has 4 aliphatic rings. The largest absolute Gasteiger partial charge is 0.507 e. The van der Waals surface area contributed by atoms with Crippen molar-refractivity contribution in [2.24, 2.45) is 0 Å². The molecule has 0 unspecified atom stereocenters. The Kier molecular flexibility index (Phi) is 6.70.